The normalized spacial score (nSPS) is 16.0. The van der Waals surface area contributed by atoms with Crippen molar-refractivity contribution in [3.63, 3.8) is 0 Å². The molecule has 3 aromatic rings. The molecule has 7 nitrogen and oxygen atoms in total. The van der Waals surface area contributed by atoms with Crippen LogP contribution in [-0.2, 0) is 14.3 Å². The number of esters is 1. The molecule has 3 aromatic carbocycles. The second-order valence-electron chi connectivity index (χ2n) is 8.86. The van der Waals surface area contributed by atoms with Crippen LogP contribution in [0.1, 0.15) is 15.9 Å². The van der Waals surface area contributed by atoms with E-state index in [2.05, 4.69) is 17.0 Å². The molecule has 2 aliphatic heterocycles. The Labute approximate surface area is 220 Å². The third-order valence-corrected chi connectivity index (χ3v) is 7.61. The Morgan fingerprint density at radius 2 is 1.41 bits per heavy atom. The number of hydrogen-bond acceptors (Lipinski definition) is 7. The maximum absolute atomic E-state index is 13.9. The quantitative estimate of drug-likeness (QED) is 0.356. The van der Waals surface area contributed by atoms with Crippen LogP contribution >= 0.6 is 11.8 Å². The molecule has 1 fully saturated rings. The topological polar surface area (TPSA) is 70.2 Å². The molecule has 0 N–H and O–H groups in total. The molecule has 0 aliphatic carbocycles. The first-order valence-electron chi connectivity index (χ1n) is 12.1. The average Bonchev–Trinajstić information content (AvgIpc) is 3.18. The van der Waals surface area contributed by atoms with Crippen molar-refractivity contribution in [3.05, 3.63) is 101 Å². The van der Waals surface area contributed by atoms with E-state index in [-0.39, 0.29) is 11.3 Å². The molecule has 8 heteroatoms. The summed E-state index contributed by atoms with van der Waals surface area (Å²) >= 11 is 1.29. The highest BCUT2D eigenvalue weighted by molar-refractivity contribution is 8.04. The molecule has 0 atom stereocenters. The minimum Gasteiger partial charge on any atom is -0.465 e. The fraction of sp³-hybridized carbons (Fsp3) is 0.207. The van der Waals surface area contributed by atoms with Gasteiger partial charge >= 0.3 is 5.97 Å². The summed E-state index contributed by atoms with van der Waals surface area (Å²) in [6.45, 7) is 4.62. The van der Waals surface area contributed by atoms with E-state index in [4.69, 9.17) is 4.74 Å². The Hall–Kier alpha value is -4.04. The zero-order valence-corrected chi connectivity index (χ0v) is 21.5. The molecule has 0 unspecified atom stereocenters. The maximum atomic E-state index is 13.9. The number of piperazine rings is 1. The molecular weight excluding hydrogens is 486 g/mol. The lowest BCUT2D eigenvalue weighted by Crippen LogP contribution is -2.47. The predicted octanol–water partition coefficient (Wildman–Crippen LogP) is 4.48. The molecule has 2 amide bonds. The van der Waals surface area contributed by atoms with Gasteiger partial charge in [-0.1, -0.05) is 59.8 Å². The maximum Gasteiger partial charge on any atom is 0.339 e. The lowest BCUT2D eigenvalue weighted by atomic mass is 10.1. The Morgan fingerprint density at radius 3 is 2.08 bits per heavy atom. The number of imide groups is 1. The Kier molecular flexibility index (Phi) is 7.01. The summed E-state index contributed by atoms with van der Waals surface area (Å²) in [5.41, 5.74) is 3.01. The van der Waals surface area contributed by atoms with Crippen molar-refractivity contribution < 1.29 is 19.1 Å². The number of rotatable bonds is 6. The fourth-order valence-electron chi connectivity index (χ4n) is 4.59. The highest BCUT2D eigenvalue weighted by atomic mass is 32.2. The lowest BCUT2D eigenvalue weighted by Gasteiger charge is -2.37. The van der Waals surface area contributed by atoms with E-state index in [0.29, 0.717) is 23.7 Å². The van der Waals surface area contributed by atoms with Gasteiger partial charge in [-0.25, -0.2) is 9.69 Å². The number of methoxy groups -OCH3 is 1. The number of para-hydroxylation sites is 2. The van der Waals surface area contributed by atoms with E-state index in [1.54, 1.807) is 24.3 Å². The molecule has 0 saturated carbocycles. The highest BCUT2D eigenvalue weighted by Gasteiger charge is 2.44. The number of anilines is 2. The first kappa shape index (κ1) is 24.6. The molecule has 0 bridgehead atoms. The van der Waals surface area contributed by atoms with Crippen LogP contribution in [0.15, 0.2) is 94.4 Å². The van der Waals surface area contributed by atoms with Crippen molar-refractivity contribution in [2.75, 3.05) is 43.1 Å². The number of ether oxygens (including phenoxy) is 1. The van der Waals surface area contributed by atoms with E-state index in [9.17, 15) is 14.4 Å². The molecule has 0 spiro atoms. The van der Waals surface area contributed by atoms with Crippen molar-refractivity contribution >= 4 is 40.9 Å². The van der Waals surface area contributed by atoms with Crippen molar-refractivity contribution in [2.24, 2.45) is 0 Å². The monoisotopic (exact) mass is 513 g/mol. The smallest absolute Gasteiger partial charge is 0.339 e. The van der Waals surface area contributed by atoms with E-state index in [1.807, 2.05) is 54.3 Å². The Morgan fingerprint density at radius 1 is 0.784 bits per heavy atom. The standard InChI is InChI=1S/C29H27N3O4S/c1-20-12-14-22(15-13-20)37-26-25(31-18-16-30(17-19-31)21-8-4-3-5-9-21)27(33)32(28(26)34)24-11-7-6-10-23(24)29(35)36-2/h3-15H,16-19H2,1-2H3. The summed E-state index contributed by atoms with van der Waals surface area (Å²) in [5, 5.41) is 0. The largest absolute Gasteiger partial charge is 0.465 e. The molecule has 2 heterocycles. The predicted molar refractivity (Wildman–Crippen MR) is 145 cm³/mol. The number of carbonyl (C=O) groups is 3. The van der Waals surface area contributed by atoms with E-state index in [0.717, 1.165) is 34.1 Å². The SMILES string of the molecule is COC(=O)c1ccccc1N1C(=O)C(Sc2ccc(C)cc2)=C(N2CCN(c3ccccc3)CC2)C1=O. The number of amides is 2. The summed E-state index contributed by atoms with van der Waals surface area (Å²) in [6, 6.07) is 24.5. The fourth-order valence-corrected chi connectivity index (χ4v) is 5.59. The van der Waals surface area contributed by atoms with Gasteiger partial charge in [-0.3, -0.25) is 9.59 Å². The Balaban J connectivity index is 1.49. The van der Waals surface area contributed by atoms with Crippen LogP contribution in [0.25, 0.3) is 0 Å². The van der Waals surface area contributed by atoms with Crippen molar-refractivity contribution in [2.45, 2.75) is 11.8 Å². The molecule has 0 radical (unpaired) electrons. The summed E-state index contributed by atoms with van der Waals surface area (Å²) in [7, 11) is 1.28. The van der Waals surface area contributed by atoms with E-state index in [1.165, 1.54) is 18.9 Å². The molecule has 2 aliphatic rings. The van der Waals surface area contributed by atoms with E-state index >= 15 is 0 Å². The van der Waals surface area contributed by atoms with Crippen molar-refractivity contribution in [3.8, 4) is 0 Å². The van der Waals surface area contributed by atoms with Gasteiger partial charge in [0.1, 0.15) is 10.6 Å². The van der Waals surface area contributed by atoms with Crippen LogP contribution in [0.2, 0.25) is 0 Å². The number of aryl methyl sites for hydroxylation is 1. The molecular formula is C29H27N3O4S. The zero-order valence-electron chi connectivity index (χ0n) is 20.7. The van der Waals surface area contributed by atoms with Crippen molar-refractivity contribution in [1.82, 2.24) is 4.90 Å². The van der Waals surface area contributed by atoms with Gasteiger partial charge in [0.25, 0.3) is 11.8 Å². The molecule has 1 saturated heterocycles. The first-order valence-corrected chi connectivity index (χ1v) is 12.9. The summed E-state index contributed by atoms with van der Waals surface area (Å²) in [5.74, 6) is -1.47. The number of hydrogen-bond donors (Lipinski definition) is 0. The van der Waals surface area contributed by atoms with Crippen LogP contribution in [-0.4, -0.2) is 56.0 Å². The first-order chi connectivity index (χ1) is 18.0. The van der Waals surface area contributed by atoms with Gasteiger partial charge < -0.3 is 14.5 Å². The molecule has 37 heavy (non-hydrogen) atoms. The molecule has 0 aromatic heterocycles. The van der Waals surface area contributed by atoms with E-state index < -0.39 is 17.8 Å². The number of nitrogens with zero attached hydrogens (tertiary/aromatic N) is 3. The van der Waals surface area contributed by atoms with Gasteiger partial charge in [-0.15, -0.1) is 0 Å². The zero-order chi connectivity index (χ0) is 25.9. The molecule has 5 rings (SSSR count). The van der Waals surface area contributed by atoms with Crippen LogP contribution in [0.4, 0.5) is 11.4 Å². The minimum absolute atomic E-state index is 0.168. The summed E-state index contributed by atoms with van der Waals surface area (Å²) in [4.78, 5) is 46.8. The second-order valence-corrected chi connectivity index (χ2v) is 9.94. The van der Waals surface area contributed by atoms with Crippen LogP contribution in [0.5, 0.6) is 0 Å². The van der Waals surface area contributed by atoms with Gasteiger partial charge in [0.2, 0.25) is 0 Å². The lowest BCUT2D eigenvalue weighted by molar-refractivity contribution is -0.121. The second kappa shape index (κ2) is 10.5. The van der Waals surface area contributed by atoms with Gasteiger partial charge in [-0.2, -0.15) is 0 Å². The van der Waals surface area contributed by atoms with Gasteiger partial charge in [0.05, 0.1) is 18.4 Å². The van der Waals surface area contributed by atoms with Gasteiger partial charge in [-0.05, 0) is 43.3 Å². The highest BCUT2D eigenvalue weighted by Crippen LogP contribution is 2.40. The average molecular weight is 514 g/mol. The van der Waals surface area contributed by atoms with Crippen molar-refractivity contribution in [1.29, 1.82) is 0 Å². The number of carbonyl (C=O) groups excluding carboxylic acids is 3. The third-order valence-electron chi connectivity index (χ3n) is 6.53. The van der Waals surface area contributed by atoms with Gasteiger partial charge in [0.15, 0.2) is 0 Å². The summed E-state index contributed by atoms with van der Waals surface area (Å²) in [6.07, 6.45) is 0. The number of benzene rings is 3. The molecule has 188 valence electrons. The van der Waals surface area contributed by atoms with Gasteiger partial charge in [0, 0.05) is 36.8 Å². The van der Waals surface area contributed by atoms with Crippen LogP contribution in [0.3, 0.4) is 0 Å². The van der Waals surface area contributed by atoms with Crippen LogP contribution < -0.4 is 9.80 Å². The third kappa shape index (κ3) is 4.84. The minimum atomic E-state index is -0.603. The number of thioether (sulfide) groups is 1. The van der Waals surface area contributed by atoms with Crippen LogP contribution in [0, 0.1) is 6.92 Å². The summed E-state index contributed by atoms with van der Waals surface area (Å²) < 4.78 is 4.91. The Bertz CT molecular complexity index is 1360.